The number of aromatic nitrogens is 1. The van der Waals surface area contributed by atoms with E-state index in [1.54, 1.807) is 0 Å². The van der Waals surface area contributed by atoms with Gasteiger partial charge in [-0.25, -0.2) is 0 Å². The highest BCUT2D eigenvalue weighted by atomic mass is 35.5. The van der Waals surface area contributed by atoms with Crippen LogP contribution in [0.15, 0.2) is 18.2 Å². The highest BCUT2D eigenvalue weighted by molar-refractivity contribution is 6.35. The molecule has 1 N–H and O–H groups in total. The summed E-state index contributed by atoms with van der Waals surface area (Å²) in [6.45, 7) is 9.38. The molecule has 2 aromatic rings. The molecule has 1 heterocycles. The van der Waals surface area contributed by atoms with Crippen molar-refractivity contribution < 1.29 is 0 Å². The first-order chi connectivity index (χ1) is 8.54. The van der Waals surface area contributed by atoms with Crippen molar-refractivity contribution >= 4 is 28.2 Å². The maximum Gasteiger partial charge on any atom is 0.0914 e. The topological polar surface area (TPSA) is 24.9 Å². The number of pyridine rings is 1. The number of anilines is 1. The summed E-state index contributed by atoms with van der Waals surface area (Å²) in [5.41, 5.74) is 4.31. The summed E-state index contributed by atoms with van der Waals surface area (Å²) in [5, 5.41) is 5.27. The Labute approximate surface area is 113 Å². The molecular formula is C15H19ClN2. The van der Waals surface area contributed by atoms with Crippen LogP contribution in [0.2, 0.25) is 5.02 Å². The fraction of sp³-hybridized carbons (Fsp3) is 0.400. The van der Waals surface area contributed by atoms with E-state index < -0.39 is 0 Å². The summed E-state index contributed by atoms with van der Waals surface area (Å²) < 4.78 is 0. The quantitative estimate of drug-likeness (QED) is 0.863. The predicted molar refractivity (Wildman–Crippen MR) is 79.7 cm³/mol. The van der Waals surface area contributed by atoms with Gasteiger partial charge in [0.15, 0.2) is 0 Å². The Hall–Kier alpha value is -1.28. The molecule has 0 spiro atoms. The van der Waals surface area contributed by atoms with Crippen molar-refractivity contribution in [2.45, 2.75) is 33.6 Å². The largest absolute Gasteiger partial charge is 0.385 e. The van der Waals surface area contributed by atoms with Crippen LogP contribution >= 0.6 is 11.6 Å². The number of benzene rings is 1. The second-order valence-corrected chi connectivity index (χ2v) is 5.27. The second-order valence-electron chi connectivity index (χ2n) is 4.87. The Morgan fingerprint density at radius 3 is 2.67 bits per heavy atom. The lowest BCUT2D eigenvalue weighted by molar-refractivity contribution is 0.830. The molecule has 0 saturated carbocycles. The number of hydrogen-bond acceptors (Lipinski definition) is 2. The monoisotopic (exact) mass is 262 g/mol. The zero-order chi connectivity index (χ0) is 13.3. The minimum atomic E-state index is 0.392. The molecule has 1 aromatic heterocycles. The van der Waals surface area contributed by atoms with Crippen molar-refractivity contribution in [3.8, 4) is 0 Å². The second kappa shape index (κ2) is 5.15. The third-order valence-corrected chi connectivity index (χ3v) is 3.40. The van der Waals surface area contributed by atoms with Crippen LogP contribution < -0.4 is 5.32 Å². The van der Waals surface area contributed by atoms with E-state index in [0.717, 1.165) is 33.9 Å². The van der Waals surface area contributed by atoms with Gasteiger partial charge in [-0.3, -0.25) is 4.98 Å². The van der Waals surface area contributed by atoms with Crippen LogP contribution in [0.3, 0.4) is 0 Å². The molecule has 2 rings (SSSR count). The van der Waals surface area contributed by atoms with E-state index in [0.29, 0.717) is 5.92 Å². The van der Waals surface area contributed by atoms with Crippen LogP contribution in [0.5, 0.6) is 0 Å². The van der Waals surface area contributed by atoms with Gasteiger partial charge in [0.05, 0.1) is 10.5 Å². The number of nitrogens with one attached hydrogen (secondary N) is 1. The highest BCUT2D eigenvalue weighted by Gasteiger charge is 2.12. The molecule has 0 atom stereocenters. The smallest absolute Gasteiger partial charge is 0.0914 e. The Balaban J connectivity index is 2.80. The summed E-state index contributed by atoms with van der Waals surface area (Å²) in [6, 6.07) is 6.11. The van der Waals surface area contributed by atoms with E-state index in [4.69, 9.17) is 16.6 Å². The van der Waals surface area contributed by atoms with Gasteiger partial charge in [-0.05, 0) is 37.5 Å². The fourth-order valence-corrected chi connectivity index (χ4v) is 2.32. The highest BCUT2D eigenvalue weighted by Crippen LogP contribution is 2.32. The van der Waals surface area contributed by atoms with Crippen LogP contribution in [-0.4, -0.2) is 11.5 Å². The molecule has 0 unspecified atom stereocenters. The lowest BCUT2D eigenvalue weighted by atomic mass is 10.0. The van der Waals surface area contributed by atoms with Crippen molar-refractivity contribution in [1.29, 1.82) is 0 Å². The zero-order valence-electron chi connectivity index (χ0n) is 11.3. The van der Waals surface area contributed by atoms with Gasteiger partial charge in [0.1, 0.15) is 0 Å². The van der Waals surface area contributed by atoms with Gasteiger partial charge in [0.25, 0.3) is 0 Å². The molecule has 0 fully saturated rings. The maximum absolute atomic E-state index is 6.29. The Kier molecular flexibility index (Phi) is 3.76. The van der Waals surface area contributed by atoms with E-state index in [1.165, 1.54) is 5.56 Å². The van der Waals surface area contributed by atoms with Crippen LogP contribution in [0.4, 0.5) is 5.69 Å². The first-order valence-electron chi connectivity index (χ1n) is 6.38. The van der Waals surface area contributed by atoms with Gasteiger partial charge >= 0.3 is 0 Å². The standard InChI is InChI=1S/C15H19ClN2/c1-5-17-13-8-12(9(2)3)18-15-11(16)7-6-10(4)14(13)15/h6-9H,5H2,1-4H3,(H,17,18). The summed E-state index contributed by atoms with van der Waals surface area (Å²) in [7, 11) is 0. The number of hydrogen-bond donors (Lipinski definition) is 1. The average molecular weight is 263 g/mol. The van der Waals surface area contributed by atoms with Crippen LogP contribution in [0.1, 0.15) is 37.9 Å². The van der Waals surface area contributed by atoms with E-state index in [1.807, 2.05) is 12.1 Å². The number of nitrogens with zero attached hydrogens (tertiary/aromatic N) is 1. The number of fused-ring (bicyclic) bond motifs is 1. The minimum Gasteiger partial charge on any atom is -0.385 e. The molecule has 0 aliphatic carbocycles. The summed E-state index contributed by atoms with van der Waals surface area (Å²) in [6.07, 6.45) is 0. The van der Waals surface area contributed by atoms with Crippen molar-refractivity contribution in [1.82, 2.24) is 4.98 Å². The first-order valence-corrected chi connectivity index (χ1v) is 6.76. The molecular weight excluding hydrogens is 244 g/mol. The van der Waals surface area contributed by atoms with Crippen LogP contribution in [0.25, 0.3) is 10.9 Å². The van der Waals surface area contributed by atoms with E-state index in [9.17, 15) is 0 Å². The Bertz CT molecular complexity index is 576. The first kappa shape index (κ1) is 13.2. The third-order valence-electron chi connectivity index (χ3n) is 3.10. The number of aryl methyl sites for hydroxylation is 1. The molecule has 0 aliphatic rings. The van der Waals surface area contributed by atoms with Crippen LogP contribution in [-0.2, 0) is 0 Å². The maximum atomic E-state index is 6.29. The van der Waals surface area contributed by atoms with Gasteiger partial charge < -0.3 is 5.32 Å². The summed E-state index contributed by atoms with van der Waals surface area (Å²) in [4.78, 5) is 4.71. The van der Waals surface area contributed by atoms with Gasteiger partial charge in [-0.2, -0.15) is 0 Å². The molecule has 96 valence electrons. The molecule has 0 aliphatic heterocycles. The molecule has 1 aromatic carbocycles. The molecule has 0 radical (unpaired) electrons. The Morgan fingerprint density at radius 1 is 1.33 bits per heavy atom. The summed E-state index contributed by atoms with van der Waals surface area (Å²) in [5.74, 6) is 0.392. The zero-order valence-corrected chi connectivity index (χ0v) is 12.1. The Morgan fingerprint density at radius 2 is 2.06 bits per heavy atom. The lowest BCUT2D eigenvalue weighted by Gasteiger charge is -2.15. The number of rotatable bonds is 3. The molecule has 3 heteroatoms. The van der Waals surface area contributed by atoms with Crippen molar-refractivity contribution in [2.24, 2.45) is 0 Å². The van der Waals surface area contributed by atoms with E-state index in [-0.39, 0.29) is 0 Å². The third kappa shape index (κ3) is 2.30. The van der Waals surface area contributed by atoms with Crippen molar-refractivity contribution in [3.05, 3.63) is 34.5 Å². The van der Waals surface area contributed by atoms with Crippen molar-refractivity contribution in [3.63, 3.8) is 0 Å². The number of halogens is 1. The normalized spacial score (nSPS) is 11.2. The van der Waals surface area contributed by atoms with Crippen molar-refractivity contribution in [2.75, 3.05) is 11.9 Å². The minimum absolute atomic E-state index is 0.392. The van der Waals surface area contributed by atoms with E-state index >= 15 is 0 Å². The molecule has 18 heavy (non-hydrogen) atoms. The van der Waals surface area contributed by atoms with Crippen LogP contribution in [0, 0.1) is 6.92 Å². The lowest BCUT2D eigenvalue weighted by Crippen LogP contribution is -2.03. The van der Waals surface area contributed by atoms with Gasteiger partial charge in [0, 0.05) is 23.3 Å². The average Bonchev–Trinajstić information content (AvgIpc) is 2.33. The fourth-order valence-electron chi connectivity index (χ4n) is 2.12. The molecule has 0 saturated heterocycles. The SMILES string of the molecule is CCNc1cc(C(C)C)nc2c(Cl)ccc(C)c12. The summed E-state index contributed by atoms with van der Waals surface area (Å²) >= 11 is 6.29. The van der Waals surface area contributed by atoms with Gasteiger partial charge in [0.2, 0.25) is 0 Å². The van der Waals surface area contributed by atoms with Gasteiger partial charge in [-0.1, -0.05) is 31.5 Å². The van der Waals surface area contributed by atoms with Gasteiger partial charge in [-0.15, -0.1) is 0 Å². The molecule has 0 amide bonds. The predicted octanol–water partition coefficient (Wildman–Crippen LogP) is 4.75. The molecule has 0 bridgehead atoms. The van der Waals surface area contributed by atoms with E-state index in [2.05, 4.69) is 39.1 Å². The molecule has 2 nitrogen and oxygen atoms in total.